The second-order valence-electron chi connectivity index (χ2n) is 6.86. The van der Waals surface area contributed by atoms with Gasteiger partial charge in [-0.1, -0.05) is 23.7 Å². The summed E-state index contributed by atoms with van der Waals surface area (Å²) in [6, 6.07) is 5.10. The molecule has 1 fully saturated rings. The minimum absolute atomic E-state index is 0.120. The highest BCUT2D eigenvalue weighted by Crippen LogP contribution is 2.19. The van der Waals surface area contributed by atoms with E-state index in [1.165, 1.54) is 6.07 Å². The minimum atomic E-state index is -0.499. The summed E-state index contributed by atoms with van der Waals surface area (Å²) in [5.41, 5.74) is 0.0355. The zero-order valence-electron chi connectivity index (χ0n) is 13.9. The standard InChI is InChI=1S/C17H24ClFN2O2/c1-17(2,3)23-16(22)21-9-5-7-13(11-21)20-10-12-6-4-8-14(18)15(12)19/h4,6,8,13,20H,5,7,9-11H2,1-3H3. The first-order chi connectivity index (χ1) is 10.8. The summed E-state index contributed by atoms with van der Waals surface area (Å²) in [6.07, 6.45) is 1.55. The van der Waals surface area contributed by atoms with Gasteiger partial charge in [0.15, 0.2) is 0 Å². The number of benzene rings is 1. The monoisotopic (exact) mass is 342 g/mol. The number of carbonyl (C=O) groups excluding carboxylic acids is 1. The third-order valence-electron chi connectivity index (χ3n) is 3.69. The first-order valence-electron chi connectivity index (χ1n) is 7.90. The molecule has 6 heteroatoms. The van der Waals surface area contributed by atoms with E-state index in [1.54, 1.807) is 17.0 Å². The second kappa shape index (κ2) is 7.49. The van der Waals surface area contributed by atoms with Crippen LogP contribution in [0.2, 0.25) is 5.02 Å². The second-order valence-corrected chi connectivity index (χ2v) is 7.27. The van der Waals surface area contributed by atoms with Crippen molar-refractivity contribution in [1.29, 1.82) is 0 Å². The molecule has 1 aromatic rings. The van der Waals surface area contributed by atoms with E-state index >= 15 is 0 Å². The average molecular weight is 343 g/mol. The summed E-state index contributed by atoms with van der Waals surface area (Å²) >= 11 is 5.79. The Labute approximate surface area is 141 Å². The zero-order valence-corrected chi connectivity index (χ0v) is 14.6. The van der Waals surface area contributed by atoms with Crippen LogP contribution >= 0.6 is 11.6 Å². The van der Waals surface area contributed by atoms with Crippen molar-refractivity contribution >= 4 is 17.7 Å². The molecule has 1 saturated heterocycles. The Morgan fingerprint density at radius 3 is 2.91 bits per heavy atom. The van der Waals surface area contributed by atoms with E-state index in [1.807, 2.05) is 20.8 Å². The quantitative estimate of drug-likeness (QED) is 0.903. The van der Waals surface area contributed by atoms with E-state index < -0.39 is 5.60 Å². The van der Waals surface area contributed by atoms with E-state index in [2.05, 4.69) is 5.32 Å². The van der Waals surface area contributed by atoms with Gasteiger partial charge in [-0.2, -0.15) is 0 Å². The van der Waals surface area contributed by atoms with Gasteiger partial charge in [-0.15, -0.1) is 0 Å². The van der Waals surface area contributed by atoms with Gasteiger partial charge < -0.3 is 15.0 Å². The van der Waals surface area contributed by atoms with Crippen LogP contribution in [0, 0.1) is 5.82 Å². The van der Waals surface area contributed by atoms with Crippen molar-refractivity contribution in [1.82, 2.24) is 10.2 Å². The highest BCUT2D eigenvalue weighted by Gasteiger charge is 2.27. The summed E-state index contributed by atoms with van der Waals surface area (Å²) in [6.45, 7) is 7.21. The molecule has 0 saturated carbocycles. The molecule has 1 aromatic carbocycles. The third-order valence-corrected chi connectivity index (χ3v) is 3.98. The number of halogens is 2. The number of hydrogen-bond acceptors (Lipinski definition) is 3. The van der Waals surface area contributed by atoms with Crippen molar-refractivity contribution in [2.24, 2.45) is 0 Å². The molecule has 1 amide bonds. The molecular weight excluding hydrogens is 319 g/mol. The Bertz CT molecular complexity index is 560. The normalized spacial score (nSPS) is 18.8. The van der Waals surface area contributed by atoms with Crippen molar-refractivity contribution in [2.75, 3.05) is 13.1 Å². The SMILES string of the molecule is CC(C)(C)OC(=O)N1CCCC(NCc2cccc(Cl)c2F)C1. The Morgan fingerprint density at radius 2 is 2.22 bits per heavy atom. The zero-order chi connectivity index (χ0) is 17.0. The third kappa shape index (κ3) is 5.36. The van der Waals surface area contributed by atoms with Gasteiger partial charge in [-0.3, -0.25) is 0 Å². The lowest BCUT2D eigenvalue weighted by Gasteiger charge is -2.34. The Morgan fingerprint density at radius 1 is 1.48 bits per heavy atom. The van der Waals surface area contributed by atoms with Crippen LogP contribution in [0.3, 0.4) is 0 Å². The van der Waals surface area contributed by atoms with Crippen LogP contribution in [-0.4, -0.2) is 35.7 Å². The van der Waals surface area contributed by atoms with Gasteiger partial charge in [0.2, 0.25) is 0 Å². The van der Waals surface area contributed by atoms with E-state index in [-0.39, 0.29) is 23.0 Å². The molecule has 1 aliphatic rings. The van der Waals surface area contributed by atoms with Crippen molar-refractivity contribution < 1.29 is 13.9 Å². The fraction of sp³-hybridized carbons (Fsp3) is 0.588. The smallest absolute Gasteiger partial charge is 0.410 e. The minimum Gasteiger partial charge on any atom is -0.444 e. The number of rotatable bonds is 3. The fourth-order valence-electron chi connectivity index (χ4n) is 2.58. The predicted molar refractivity (Wildman–Crippen MR) is 89.1 cm³/mol. The molecule has 4 nitrogen and oxygen atoms in total. The maximum absolute atomic E-state index is 13.9. The molecule has 0 aliphatic carbocycles. The lowest BCUT2D eigenvalue weighted by molar-refractivity contribution is 0.0187. The van der Waals surface area contributed by atoms with E-state index in [9.17, 15) is 9.18 Å². The number of ether oxygens (including phenoxy) is 1. The number of piperidine rings is 1. The van der Waals surface area contributed by atoms with Crippen LogP contribution in [0.1, 0.15) is 39.2 Å². The molecular formula is C17H24ClFN2O2. The van der Waals surface area contributed by atoms with Gasteiger partial charge in [0.25, 0.3) is 0 Å². The largest absolute Gasteiger partial charge is 0.444 e. The molecule has 1 aliphatic heterocycles. The van der Waals surface area contributed by atoms with Crippen molar-refractivity contribution in [3.8, 4) is 0 Å². The van der Waals surface area contributed by atoms with Crippen LogP contribution < -0.4 is 5.32 Å². The molecule has 0 aromatic heterocycles. The number of likely N-dealkylation sites (tertiary alicyclic amines) is 1. The van der Waals surface area contributed by atoms with Gasteiger partial charge in [0, 0.05) is 31.2 Å². The number of carbonyl (C=O) groups is 1. The van der Waals surface area contributed by atoms with Crippen LogP contribution in [0.25, 0.3) is 0 Å². The summed E-state index contributed by atoms with van der Waals surface area (Å²) in [5.74, 6) is -0.388. The highest BCUT2D eigenvalue weighted by molar-refractivity contribution is 6.30. The van der Waals surface area contributed by atoms with Crippen molar-refractivity contribution in [3.05, 3.63) is 34.6 Å². The molecule has 1 atom stereocenters. The van der Waals surface area contributed by atoms with Gasteiger partial charge in [0.1, 0.15) is 11.4 Å². The van der Waals surface area contributed by atoms with Gasteiger partial charge in [-0.25, -0.2) is 9.18 Å². The van der Waals surface area contributed by atoms with Gasteiger partial charge >= 0.3 is 6.09 Å². The predicted octanol–water partition coefficient (Wildman–Crippen LogP) is 3.97. The van der Waals surface area contributed by atoms with Crippen molar-refractivity contribution in [2.45, 2.75) is 51.8 Å². The maximum Gasteiger partial charge on any atom is 0.410 e. The number of hydrogen-bond donors (Lipinski definition) is 1. The number of amides is 1. The highest BCUT2D eigenvalue weighted by atomic mass is 35.5. The molecule has 2 rings (SSSR count). The van der Waals surface area contributed by atoms with Crippen LogP contribution in [0.15, 0.2) is 18.2 Å². The fourth-order valence-corrected chi connectivity index (χ4v) is 2.77. The first-order valence-corrected chi connectivity index (χ1v) is 8.28. The first kappa shape index (κ1) is 18.0. The molecule has 23 heavy (non-hydrogen) atoms. The summed E-state index contributed by atoms with van der Waals surface area (Å²) in [7, 11) is 0. The van der Waals surface area contributed by atoms with E-state index in [4.69, 9.17) is 16.3 Å². The van der Waals surface area contributed by atoms with Crippen LogP contribution in [-0.2, 0) is 11.3 Å². The van der Waals surface area contributed by atoms with E-state index in [0.29, 0.717) is 25.2 Å². The van der Waals surface area contributed by atoms with E-state index in [0.717, 1.165) is 12.8 Å². The summed E-state index contributed by atoms with van der Waals surface area (Å²) in [5, 5.41) is 3.43. The average Bonchev–Trinajstić information content (AvgIpc) is 2.47. The molecule has 0 radical (unpaired) electrons. The number of nitrogens with zero attached hydrogens (tertiary/aromatic N) is 1. The topological polar surface area (TPSA) is 41.6 Å². The molecule has 0 bridgehead atoms. The molecule has 1 unspecified atom stereocenters. The molecule has 1 heterocycles. The van der Waals surface area contributed by atoms with Crippen LogP contribution in [0.5, 0.6) is 0 Å². The number of nitrogens with one attached hydrogen (secondary N) is 1. The lowest BCUT2D eigenvalue weighted by atomic mass is 10.1. The van der Waals surface area contributed by atoms with Crippen molar-refractivity contribution in [3.63, 3.8) is 0 Å². The molecule has 0 spiro atoms. The Kier molecular flexibility index (Phi) is 5.87. The van der Waals surface area contributed by atoms with Gasteiger partial charge in [0.05, 0.1) is 5.02 Å². The summed E-state index contributed by atoms with van der Waals surface area (Å²) < 4.78 is 19.3. The van der Waals surface area contributed by atoms with Crippen LogP contribution in [0.4, 0.5) is 9.18 Å². The Hall–Kier alpha value is -1.33. The summed E-state index contributed by atoms with van der Waals surface area (Å²) in [4.78, 5) is 13.8. The molecule has 1 N–H and O–H groups in total. The Balaban J connectivity index is 1.89. The van der Waals surface area contributed by atoms with Gasteiger partial charge in [-0.05, 0) is 39.7 Å². The lowest BCUT2D eigenvalue weighted by Crippen LogP contribution is -2.49. The molecule has 128 valence electrons. The maximum atomic E-state index is 13.9.